The average Bonchev–Trinajstić information content (AvgIpc) is 3.49. The molecule has 1 aliphatic carbocycles. The summed E-state index contributed by atoms with van der Waals surface area (Å²) in [7, 11) is 1.58. The number of fused-ring (bicyclic) bond motifs is 1. The number of rotatable bonds is 5. The van der Waals surface area contributed by atoms with Crippen LogP contribution in [0, 0.1) is 6.92 Å². The van der Waals surface area contributed by atoms with Gasteiger partial charge in [0.2, 0.25) is 5.88 Å². The molecule has 0 unspecified atom stereocenters. The Morgan fingerprint density at radius 2 is 2.00 bits per heavy atom. The van der Waals surface area contributed by atoms with Crippen molar-refractivity contribution in [1.82, 2.24) is 29.8 Å². The number of amides is 1. The van der Waals surface area contributed by atoms with Crippen molar-refractivity contribution < 1.29 is 9.53 Å². The molecule has 150 valence electrons. The third-order valence-corrected chi connectivity index (χ3v) is 5.20. The van der Waals surface area contributed by atoms with E-state index in [0.717, 1.165) is 29.7 Å². The van der Waals surface area contributed by atoms with Crippen LogP contribution in [0.2, 0.25) is 0 Å². The number of hydrogen-bond donors (Lipinski definition) is 1. The molecule has 1 aliphatic rings. The quantitative estimate of drug-likeness (QED) is 0.553. The Labute approximate surface area is 173 Å². The Kier molecular flexibility index (Phi) is 4.39. The van der Waals surface area contributed by atoms with E-state index in [4.69, 9.17) is 4.74 Å². The van der Waals surface area contributed by atoms with Gasteiger partial charge in [-0.1, -0.05) is 6.07 Å². The number of pyridine rings is 1. The van der Waals surface area contributed by atoms with E-state index in [9.17, 15) is 4.79 Å². The van der Waals surface area contributed by atoms with Gasteiger partial charge in [0.05, 0.1) is 12.8 Å². The van der Waals surface area contributed by atoms with Crippen molar-refractivity contribution in [1.29, 1.82) is 0 Å². The minimum Gasteiger partial charge on any atom is -0.481 e. The summed E-state index contributed by atoms with van der Waals surface area (Å²) in [5.74, 6) is 0.481. The highest BCUT2D eigenvalue weighted by Crippen LogP contribution is 2.28. The molecule has 3 aromatic heterocycles. The topological polar surface area (TPSA) is 94.8 Å². The molecule has 0 saturated heterocycles. The molecule has 3 heterocycles. The van der Waals surface area contributed by atoms with Crippen LogP contribution in [-0.2, 0) is 0 Å². The molecule has 8 nitrogen and oxygen atoms in total. The molecule has 1 aromatic carbocycles. The van der Waals surface area contributed by atoms with Crippen molar-refractivity contribution >= 4 is 17.1 Å². The summed E-state index contributed by atoms with van der Waals surface area (Å²) in [5.41, 5.74) is 5.34. The third kappa shape index (κ3) is 3.26. The van der Waals surface area contributed by atoms with Crippen LogP contribution in [0.25, 0.3) is 28.1 Å². The molecule has 0 atom stereocenters. The molecule has 1 amide bonds. The predicted octanol–water partition coefficient (Wildman–Crippen LogP) is 3.09. The number of aryl methyl sites for hydroxylation is 1. The first-order valence-corrected chi connectivity index (χ1v) is 9.74. The SMILES string of the molecule is COc1ccc(-c2ncnc3c2ncn3-c2cc(C(=O)NC3CC3)ccc2C)cn1. The van der Waals surface area contributed by atoms with E-state index in [0.29, 0.717) is 34.3 Å². The van der Waals surface area contributed by atoms with Crippen molar-refractivity contribution in [2.24, 2.45) is 0 Å². The number of ether oxygens (including phenoxy) is 1. The second kappa shape index (κ2) is 7.22. The summed E-state index contributed by atoms with van der Waals surface area (Å²) in [6.07, 6.45) is 7.03. The Morgan fingerprint density at radius 1 is 1.13 bits per heavy atom. The fourth-order valence-corrected chi connectivity index (χ4v) is 3.37. The molecule has 8 heteroatoms. The number of nitrogens with one attached hydrogen (secondary N) is 1. The largest absolute Gasteiger partial charge is 0.481 e. The van der Waals surface area contributed by atoms with Gasteiger partial charge >= 0.3 is 0 Å². The van der Waals surface area contributed by atoms with Crippen LogP contribution in [0.15, 0.2) is 49.2 Å². The van der Waals surface area contributed by atoms with Crippen LogP contribution >= 0.6 is 0 Å². The van der Waals surface area contributed by atoms with Gasteiger partial charge in [0.25, 0.3) is 5.91 Å². The summed E-state index contributed by atoms with van der Waals surface area (Å²) < 4.78 is 7.02. The molecule has 0 bridgehead atoms. The van der Waals surface area contributed by atoms with E-state index in [2.05, 4.69) is 25.3 Å². The number of hydrogen-bond acceptors (Lipinski definition) is 6. The van der Waals surface area contributed by atoms with Crippen molar-refractivity contribution in [3.63, 3.8) is 0 Å². The second-order valence-electron chi connectivity index (χ2n) is 7.35. The number of imidazole rings is 1. The minimum atomic E-state index is -0.0530. The second-order valence-corrected chi connectivity index (χ2v) is 7.35. The molecule has 1 N–H and O–H groups in total. The van der Waals surface area contributed by atoms with Crippen LogP contribution in [0.4, 0.5) is 0 Å². The van der Waals surface area contributed by atoms with Gasteiger partial charge in [0.15, 0.2) is 5.65 Å². The monoisotopic (exact) mass is 400 g/mol. The van der Waals surface area contributed by atoms with Crippen molar-refractivity contribution in [2.75, 3.05) is 7.11 Å². The first-order chi connectivity index (χ1) is 14.6. The van der Waals surface area contributed by atoms with Crippen LogP contribution < -0.4 is 10.1 Å². The Balaban J connectivity index is 1.57. The van der Waals surface area contributed by atoms with Gasteiger partial charge in [-0.15, -0.1) is 0 Å². The van der Waals surface area contributed by atoms with Crippen molar-refractivity contribution in [3.8, 4) is 22.8 Å². The lowest BCUT2D eigenvalue weighted by atomic mass is 10.1. The molecule has 1 saturated carbocycles. The molecular weight excluding hydrogens is 380 g/mol. The molecular formula is C22H20N6O2. The Hall–Kier alpha value is -3.81. The van der Waals surface area contributed by atoms with Gasteiger partial charge in [-0.3, -0.25) is 9.36 Å². The lowest BCUT2D eigenvalue weighted by Crippen LogP contribution is -2.25. The molecule has 4 aromatic rings. The molecule has 0 aliphatic heterocycles. The van der Waals surface area contributed by atoms with Gasteiger partial charge in [-0.25, -0.2) is 19.9 Å². The summed E-state index contributed by atoms with van der Waals surface area (Å²) in [6.45, 7) is 2.00. The fraction of sp³-hybridized carbons (Fsp3) is 0.227. The molecule has 1 fully saturated rings. The van der Waals surface area contributed by atoms with E-state index >= 15 is 0 Å². The third-order valence-electron chi connectivity index (χ3n) is 5.20. The number of carbonyl (C=O) groups is 1. The van der Waals surface area contributed by atoms with Crippen molar-refractivity contribution in [2.45, 2.75) is 25.8 Å². The lowest BCUT2D eigenvalue weighted by Gasteiger charge is -2.11. The first kappa shape index (κ1) is 18.2. The first-order valence-electron chi connectivity index (χ1n) is 9.74. The highest BCUT2D eigenvalue weighted by molar-refractivity contribution is 5.95. The van der Waals surface area contributed by atoms with E-state index in [1.54, 1.807) is 25.7 Å². The summed E-state index contributed by atoms with van der Waals surface area (Å²) in [5, 5.41) is 3.03. The number of nitrogens with zero attached hydrogens (tertiary/aromatic N) is 5. The van der Waals surface area contributed by atoms with E-state index < -0.39 is 0 Å². The zero-order valence-corrected chi connectivity index (χ0v) is 16.7. The highest BCUT2D eigenvalue weighted by Gasteiger charge is 2.24. The van der Waals surface area contributed by atoms with Crippen LogP contribution in [0.1, 0.15) is 28.8 Å². The number of aromatic nitrogens is 5. The average molecular weight is 400 g/mol. The van der Waals surface area contributed by atoms with Gasteiger partial charge < -0.3 is 10.1 Å². The molecule has 30 heavy (non-hydrogen) atoms. The van der Waals surface area contributed by atoms with E-state index in [1.807, 2.05) is 35.8 Å². The van der Waals surface area contributed by atoms with Crippen LogP contribution in [0.3, 0.4) is 0 Å². The van der Waals surface area contributed by atoms with E-state index in [1.165, 1.54) is 6.33 Å². The Bertz CT molecular complexity index is 1240. The van der Waals surface area contributed by atoms with Gasteiger partial charge in [-0.2, -0.15) is 0 Å². The zero-order chi connectivity index (χ0) is 20.7. The predicted molar refractivity (Wildman–Crippen MR) is 112 cm³/mol. The standard InChI is InChI=1S/C22H20N6O2/c1-13-3-4-14(22(29)27-16-6-7-16)9-17(13)28-12-26-20-19(24-11-25-21(20)28)15-5-8-18(30-2)23-10-15/h3-5,8-12,16H,6-7H2,1-2H3,(H,27,29). The zero-order valence-electron chi connectivity index (χ0n) is 16.7. The van der Waals surface area contributed by atoms with Gasteiger partial charge in [0, 0.05) is 29.4 Å². The van der Waals surface area contributed by atoms with Gasteiger partial charge in [-0.05, 0) is 43.5 Å². The fourth-order valence-electron chi connectivity index (χ4n) is 3.37. The molecule has 5 rings (SSSR count). The maximum absolute atomic E-state index is 12.5. The number of methoxy groups -OCH3 is 1. The van der Waals surface area contributed by atoms with Gasteiger partial charge in [0.1, 0.15) is 23.9 Å². The normalized spacial score (nSPS) is 13.4. The molecule has 0 radical (unpaired) electrons. The van der Waals surface area contributed by atoms with Crippen molar-refractivity contribution in [3.05, 3.63) is 60.3 Å². The maximum Gasteiger partial charge on any atom is 0.251 e. The molecule has 0 spiro atoms. The Morgan fingerprint density at radius 3 is 2.73 bits per heavy atom. The van der Waals surface area contributed by atoms with Crippen LogP contribution in [-0.4, -0.2) is 43.6 Å². The lowest BCUT2D eigenvalue weighted by molar-refractivity contribution is 0.0951. The maximum atomic E-state index is 12.5. The summed E-state index contributed by atoms with van der Waals surface area (Å²) in [4.78, 5) is 30.2. The minimum absolute atomic E-state index is 0.0530. The smallest absolute Gasteiger partial charge is 0.251 e. The van der Waals surface area contributed by atoms with Crippen LogP contribution in [0.5, 0.6) is 5.88 Å². The summed E-state index contributed by atoms with van der Waals surface area (Å²) >= 11 is 0. The highest BCUT2D eigenvalue weighted by atomic mass is 16.5. The number of benzene rings is 1. The van der Waals surface area contributed by atoms with E-state index in [-0.39, 0.29) is 5.91 Å². The number of carbonyl (C=O) groups excluding carboxylic acids is 1. The summed E-state index contributed by atoms with van der Waals surface area (Å²) in [6, 6.07) is 9.65.